The monoisotopic (exact) mass is 296 g/mol. The lowest BCUT2D eigenvalue weighted by Gasteiger charge is -2.32. The zero-order chi connectivity index (χ0) is 13.4. The van der Waals surface area contributed by atoms with E-state index in [0.29, 0.717) is 4.77 Å². The Hall–Kier alpha value is -1.25. The first-order chi connectivity index (χ1) is 9.15. The van der Waals surface area contributed by atoms with Crippen molar-refractivity contribution in [3.63, 3.8) is 0 Å². The van der Waals surface area contributed by atoms with Crippen LogP contribution in [0.5, 0.6) is 0 Å². The highest BCUT2D eigenvalue weighted by molar-refractivity contribution is 7.71. The standard InChI is InChI=1S/C11H16N6S2/c1-15-3-5-17(6-4-15)11-12-8(7-19-11)9-13-14-10(18)16(9)2/h7H,3-6H2,1-2H3,(H,14,18). The van der Waals surface area contributed by atoms with Gasteiger partial charge in [0, 0.05) is 38.6 Å². The molecule has 3 heterocycles. The van der Waals surface area contributed by atoms with E-state index in [1.165, 1.54) is 0 Å². The van der Waals surface area contributed by atoms with E-state index in [0.717, 1.165) is 42.8 Å². The molecule has 0 atom stereocenters. The molecule has 1 fully saturated rings. The minimum atomic E-state index is 0.615. The summed E-state index contributed by atoms with van der Waals surface area (Å²) < 4.78 is 2.46. The van der Waals surface area contributed by atoms with Crippen LogP contribution in [0.2, 0.25) is 0 Å². The number of hydrogen-bond donors (Lipinski definition) is 1. The molecule has 0 spiro atoms. The van der Waals surface area contributed by atoms with Crippen LogP contribution in [0, 0.1) is 4.77 Å². The maximum absolute atomic E-state index is 5.12. The van der Waals surface area contributed by atoms with Crippen molar-refractivity contribution in [1.29, 1.82) is 0 Å². The van der Waals surface area contributed by atoms with Crippen molar-refractivity contribution >= 4 is 28.7 Å². The van der Waals surface area contributed by atoms with Crippen LogP contribution in [0.1, 0.15) is 0 Å². The SMILES string of the molecule is CN1CCN(c2nc(-c3n[nH]c(=S)n3C)cs2)CC1. The Balaban J connectivity index is 1.83. The van der Waals surface area contributed by atoms with Crippen molar-refractivity contribution in [2.45, 2.75) is 0 Å². The Bertz CT molecular complexity index is 619. The quantitative estimate of drug-likeness (QED) is 0.848. The molecule has 0 radical (unpaired) electrons. The van der Waals surface area contributed by atoms with Crippen LogP contribution in [0.25, 0.3) is 11.5 Å². The number of anilines is 1. The zero-order valence-corrected chi connectivity index (χ0v) is 12.6. The highest BCUT2D eigenvalue weighted by Gasteiger charge is 2.18. The zero-order valence-electron chi connectivity index (χ0n) is 11.0. The van der Waals surface area contributed by atoms with Gasteiger partial charge in [0.1, 0.15) is 5.69 Å². The summed E-state index contributed by atoms with van der Waals surface area (Å²) >= 11 is 6.79. The Kier molecular flexibility index (Phi) is 3.38. The second kappa shape index (κ2) is 5.03. The van der Waals surface area contributed by atoms with Crippen LogP contribution in [0.3, 0.4) is 0 Å². The number of aromatic nitrogens is 4. The van der Waals surface area contributed by atoms with E-state index < -0.39 is 0 Å². The minimum absolute atomic E-state index is 0.615. The molecular formula is C11H16N6S2. The topological polar surface area (TPSA) is 53.0 Å². The lowest BCUT2D eigenvalue weighted by molar-refractivity contribution is 0.313. The van der Waals surface area contributed by atoms with Gasteiger partial charge in [0.05, 0.1) is 0 Å². The largest absolute Gasteiger partial charge is 0.346 e. The molecule has 3 rings (SSSR count). The van der Waals surface area contributed by atoms with E-state index in [4.69, 9.17) is 12.2 Å². The first-order valence-corrected chi connectivity index (χ1v) is 7.45. The van der Waals surface area contributed by atoms with Crippen LogP contribution in [-0.2, 0) is 7.05 Å². The van der Waals surface area contributed by atoms with Crippen molar-refractivity contribution < 1.29 is 0 Å². The molecule has 102 valence electrons. The Morgan fingerprint density at radius 2 is 2.00 bits per heavy atom. The smallest absolute Gasteiger partial charge is 0.195 e. The number of nitrogens with one attached hydrogen (secondary N) is 1. The van der Waals surface area contributed by atoms with Gasteiger partial charge in [0.2, 0.25) is 0 Å². The van der Waals surface area contributed by atoms with Gasteiger partial charge in [-0.3, -0.25) is 5.10 Å². The minimum Gasteiger partial charge on any atom is -0.346 e. The van der Waals surface area contributed by atoms with Gasteiger partial charge >= 0.3 is 0 Å². The third-order valence-electron chi connectivity index (χ3n) is 3.37. The van der Waals surface area contributed by atoms with E-state index in [9.17, 15) is 0 Å². The molecule has 1 saturated heterocycles. The summed E-state index contributed by atoms with van der Waals surface area (Å²) in [6.07, 6.45) is 0. The third kappa shape index (κ3) is 2.43. The summed E-state index contributed by atoms with van der Waals surface area (Å²) in [5, 5.41) is 10.1. The van der Waals surface area contributed by atoms with Gasteiger partial charge in [-0.25, -0.2) is 4.98 Å². The van der Waals surface area contributed by atoms with Crippen LogP contribution in [0.15, 0.2) is 5.38 Å². The second-order valence-electron chi connectivity index (χ2n) is 4.72. The average molecular weight is 296 g/mol. The molecule has 8 heteroatoms. The van der Waals surface area contributed by atoms with Gasteiger partial charge in [-0.05, 0) is 19.3 Å². The molecule has 1 aliphatic heterocycles. The molecule has 0 saturated carbocycles. The van der Waals surface area contributed by atoms with Gasteiger partial charge in [-0.2, -0.15) is 5.10 Å². The fourth-order valence-corrected chi connectivity index (χ4v) is 3.08. The van der Waals surface area contributed by atoms with E-state index in [2.05, 4.69) is 32.0 Å². The van der Waals surface area contributed by atoms with Gasteiger partial charge in [0.15, 0.2) is 15.7 Å². The summed E-state index contributed by atoms with van der Waals surface area (Å²) in [5.74, 6) is 0.793. The summed E-state index contributed by atoms with van der Waals surface area (Å²) in [6, 6.07) is 0. The summed E-state index contributed by atoms with van der Waals surface area (Å²) in [4.78, 5) is 9.34. The number of H-pyrrole nitrogens is 1. The third-order valence-corrected chi connectivity index (χ3v) is 4.64. The van der Waals surface area contributed by atoms with E-state index in [1.54, 1.807) is 11.3 Å². The molecule has 1 N–H and O–H groups in total. The predicted molar refractivity (Wildman–Crippen MR) is 79.2 cm³/mol. The van der Waals surface area contributed by atoms with Gasteiger partial charge in [-0.15, -0.1) is 11.3 Å². The molecule has 1 aliphatic rings. The molecule has 19 heavy (non-hydrogen) atoms. The van der Waals surface area contributed by atoms with E-state index in [-0.39, 0.29) is 0 Å². The molecule has 0 amide bonds. The molecule has 2 aromatic rings. The number of nitrogens with zero attached hydrogens (tertiary/aromatic N) is 5. The first-order valence-electron chi connectivity index (χ1n) is 6.16. The summed E-state index contributed by atoms with van der Waals surface area (Å²) in [7, 11) is 4.05. The van der Waals surface area contributed by atoms with Crippen LogP contribution in [0.4, 0.5) is 5.13 Å². The number of hydrogen-bond acceptors (Lipinski definition) is 6. The Morgan fingerprint density at radius 1 is 1.26 bits per heavy atom. The maximum Gasteiger partial charge on any atom is 0.195 e. The molecule has 0 bridgehead atoms. The van der Waals surface area contributed by atoms with Crippen molar-refractivity contribution in [3.05, 3.63) is 10.2 Å². The van der Waals surface area contributed by atoms with Crippen LogP contribution >= 0.6 is 23.6 Å². The lowest BCUT2D eigenvalue weighted by atomic mass is 10.3. The second-order valence-corrected chi connectivity index (χ2v) is 5.94. The Labute approximate surface area is 120 Å². The van der Waals surface area contributed by atoms with Gasteiger partial charge in [0.25, 0.3) is 0 Å². The predicted octanol–water partition coefficient (Wildman–Crippen LogP) is 1.35. The number of piperazine rings is 1. The van der Waals surface area contributed by atoms with Gasteiger partial charge < -0.3 is 14.4 Å². The average Bonchev–Trinajstić information content (AvgIpc) is 2.99. The van der Waals surface area contributed by atoms with Crippen molar-refractivity contribution in [2.75, 3.05) is 38.1 Å². The maximum atomic E-state index is 5.12. The van der Waals surface area contributed by atoms with Crippen molar-refractivity contribution in [3.8, 4) is 11.5 Å². The van der Waals surface area contributed by atoms with E-state index in [1.807, 2.05) is 17.0 Å². The Morgan fingerprint density at radius 3 is 2.63 bits per heavy atom. The highest BCUT2D eigenvalue weighted by Crippen LogP contribution is 2.26. The van der Waals surface area contributed by atoms with Crippen molar-refractivity contribution in [1.82, 2.24) is 24.6 Å². The fraction of sp³-hybridized carbons (Fsp3) is 0.545. The first kappa shape index (κ1) is 12.8. The number of rotatable bonds is 2. The van der Waals surface area contributed by atoms with Crippen LogP contribution < -0.4 is 4.90 Å². The molecule has 0 aliphatic carbocycles. The van der Waals surface area contributed by atoms with Gasteiger partial charge in [-0.1, -0.05) is 0 Å². The molecular weight excluding hydrogens is 280 g/mol. The summed E-state index contributed by atoms with van der Waals surface area (Å²) in [5.41, 5.74) is 0.883. The molecule has 0 aromatic carbocycles. The fourth-order valence-electron chi connectivity index (χ4n) is 2.09. The molecule has 6 nitrogen and oxygen atoms in total. The van der Waals surface area contributed by atoms with Crippen LogP contribution in [-0.4, -0.2) is 57.9 Å². The molecule has 2 aromatic heterocycles. The summed E-state index contributed by atoms with van der Waals surface area (Å²) in [6.45, 7) is 4.23. The normalized spacial score (nSPS) is 17.1. The lowest BCUT2D eigenvalue weighted by Crippen LogP contribution is -2.44. The molecule has 0 unspecified atom stereocenters. The number of aromatic amines is 1. The number of thiazole rings is 1. The van der Waals surface area contributed by atoms with E-state index >= 15 is 0 Å². The van der Waals surface area contributed by atoms with Crippen molar-refractivity contribution in [2.24, 2.45) is 7.05 Å². The number of likely N-dealkylation sites (N-methyl/N-ethyl adjacent to an activating group) is 1. The highest BCUT2D eigenvalue weighted by atomic mass is 32.1.